The molecule has 0 amide bonds. The molecule has 2 nitrogen and oxygen atoms in total. The fourth-order valence-corrected chi connectivity index (χ4v) is 7.47. The van der Waals surface area contributed by atoms with Crippen molar-refractivity contribution in [1.29, 1.82) is 0 Å². The van der Waals surface area contributed by atoms with Crippen molar-refractivity contribution >= 4 is 76.1 Å². The van der Waals surface area contributed by atoms with Gasteiger partial charge >= 0.3 is 0 Å². The molecule has 10 aromatic rings. The zero-order valence-electron chi connectivity index (χ0n) is 23.8. The molecule has 0 aliphatic heterocycles. The first-order chi connectivity index (χ1) is 21.8. The summed E-state index contributed by atoms with van der Waals surface area (Å²) in [6.45, 7) is 0. The summed E-state index contributed by atoms with van der Waals surface area (Å²) in [6.07, 6.45) is 0. The van der Waals surface area contributed by atoms with Gasteiger partial charge in [-0.25, -0.2) is 0 Å². The molecule has 2 aromatic heterocycles. The van der Waals surface area contributed by atoms with Crippen LogP contribution in [0.5, 0.6) is 0 Å². The van der Waals surface area contributed by atoms with E-state index in [-0.39, 0.29) is 0 Å². The van der Waals surface area contributed by atoms with Crippen molar-refractivity contribution in [2.24, 2.45) is 0 Å². The van der Waals surface area contributed by atoms with Crippen LogP contribution >= 0.6 is 0 Å². The van der Waals surface area contributed by atoms with Crippen molar-refractivity contribution < 1.29 is 4.42 Å². The van der Waals surface area contributed by atoms with Crippen LogP contribution in [0.3, 0.4) is 0 Å². The maximum absolute atomic E-state index is 6.94. The van der Waals surface area contributed by atoms with Crippen molar-refractivity contribution in [3.63, 3.8) is 0 Å². The summed E-state index contributed by atoms with van der Waals surface area (Å²) in [7, 11) is 0. The van der Waals surface area contributed by atoms with Crippen LogP contribution in [0.15, 0.2) is 156 Å². The van der Waals surface area contributed by atoms with Crippen molar-refractivity contribution in [3.8, 4) is 16.8 Å². The quantitative estimate of drug-likeness (QED) is 0.193. The van der Waals surface area contributed by atoms with Crippen LogP contribution in [-0.2, 0) is 0 Å². The lowest BCUT2D eigenvalue weighted by molar-refractivity contribution is 0.667. The third-order valence-corrected chi connectivity index (χ3v) is 9.38. The van der Waals surface area contributed by atoms with E-state index in [0.717, 1.165) is 38.8 Å². The van der Waals surface area contributed by atoms with Crippen molar-refractivity contribution in [1.82, 2.24) is 4.57 Å². The highest BCUT2D eigenvalue weighted by Gasteiger charge is 2.19. The lowest BCUT2D eigenvalue weighted by Gasteiger charge is -2.12. The maximum Gasteiger partial charge on any atom is 0.159 e. The molecular formula is C42H25NO. The molecule has 0 spiro atoms. The van der Waals surface area contributed by atoms with Gasteiger partial charge in [-0.3, -0.25) is 0 Å². The molecular weight excluding hydrogens is 534 g/mol. The smallest absolute Gasteiger partial charge is 0.159 e. The predicted octanol–water partition coefficient (Wildman–Crippen LogP) is 11.8. The van der Waals surface area contributed by atoms with Gasteiger partial charge in [0.25, 0.3) is 0 Å². The number of fused-ring (bicyclic) bond motifs is 12. The second-order valence-electron chi connectivity index (χ2n) is 11.7. The number of benzene rings is 8. The van der Waals surface area contributed by atoms with Crippen LogP contribution in [0.4, 0.5) is 0 Å². The fraction of sp³-hybridized carbons (Fsp3) is 0. The minimum atomic E-state index is 0.902. The van der Waals surface area contributed by atoms with Gasteiger partial charge in [-0.2, -0.15) is 0 Å². The average Bonchev–Trinajstić information content (AvgIpc) is 3.64. The molecule has 0 aliphatic carbocycles. The van der Waals surface area contributed by atoms with Crippen molar-refractivity contribution in [2.75, 3.05) is 0 Å². The molecule has 0 fully saturated rings. The number of furan rings is 1. The number of hydrogen-bond donors (Lipinski definition) is 0. The Labute approximate surface area is 253 Å². The average molecular weight is 560 g/mol. The zero-order chi connectivity index (χ0) is 28.8. The van der Waals surface area contributed by atoms with Gasteiger partial charge in [-0.1, -0.05) is 127 Å². The molecule has 2 heterocycles. The van der Waals surface area contributed by atoms with E-state index >= 15 is 0 Å². The molecule has 0 saturated heterocycles. The molecule has 2 heteroatoms. The molecule has 0 bridgehead atoms. The fourth-order valence-electron chi connectivity index (χ4n) is 7.47. The van der Waals surface area contributed by atoms with Gasteiger partial charge in [0, 0.05) is 27.1 Å². The molecule has 0 saturated carbocycles. The van der Waals surface area contributed by atoms with Gasteiger partial charge in [-0.15, -0.1) is 0 Å². The van der Waals surface area contributed by atoms with Gasteiger partial charge in [0.2, 0.25) is 0 Å². The first kappa shape index (κ1) is 23.7. The first-order valence-electron chi connectivity index (χ1n) is 15.1. The Morgan fingerprint density at radius 1 is 0.341 bits per heavy atom. The number of para-hydroxylation sites is 4. The molecule has 0 radical (unpaired) electrons. The van der Waals surface area contributed by atoms with Crippen LogP contribution in [0, 0.1) is 0 Å². The van der Waals surface area contributed by atoms with Crippen LogP contribution in [0.25, 0.3) is 92.9 Å². The lowest BCUT2D eigenvalue weighted by Crippen LogP contribution is -1.93. The van der Waals surface area contributed by atoms with Crippen LogP contribution < -0.4 is 0 Å². The standard InChI is InChI=1S/C42H25NO/c1-2-13-30-28(11-1)29-12-3-4-14-31(29)37-25-26(23-24-32(30)37)27-17-9-18-35-36-19-10-22-40(42(36)44-41(27)35)43-38-20-7-5-15-33(38)34-16-6-8-21-39(34)43/h1-25H. The van der Waals surface area contributed by atoms with E-state index in [0.29, 0.717) is 0 Å². The van der Waals surface area contributed by atoms with E-state index in [4.69, 9.17) is 4.42 Å². The Morgan fingerprint density at radius 3 is 1.45 bits per heavy atom. The summed E-state index contributed by atoms with van der Waals surface area (Å²) >= 11 is 0. The normalized spacial score (nSPS) is 12.1. The topological polar surface area (TPSA) is 18.1 Å². The minimum Gasteiger partial charge on any atom is -0.453 e. The van der Waals surface area contributed by atoms with Gasteiger partial charge < -0.3 is 8.98 Å². The zero-order valence-corrected chi connectivity index (χ0v) is 23.8. The van der Waals surface area contributed by atoms with Gasteiger partial charge in [0.05, 0.1) is 16.7 Å². The highest BCUT2D eigenvalue weighted by atomic mass is 16.3. The van der Waals surface area contributed by atoms with E-state index in [9.17, 15) is 0 Å². The SMILES string of the molecule is c1cc(-c2ccc3c4ccccc4c4ccccc4c3c2)c2oc3c(-n4c5ccccc5c5ccccc54)cccc3c2c1. The summed E-state index contributed by atoms with van der Waals surface area (Å²) < 4.78 is 9.29. The number of hydrogen-bond acceptors (Lipinski definition) is 1. The third-order valence-electron chi connectivity index (χ3n) is 9.38. The Morgan fingerprint density at radius 2 is 0.818 bits per heavy atom. The van der Waals surface area contributed by atoms with E-state index in [1.54, 1.807) is 0 Å². The molecule has 0 atom stereocenters. The Kier molecular flexibility index (Phi) is 4.75. The predicted molar refractivity (Wildman–Crippen MR) is 186 cm³/mol. The van der Waals surface area contributed by atoms with E-state index in [2.05, 4.69) is 156 Å². The minimum absolute atomic E-state index is 0.902. The summed E-state index contributed by atoms with van der Waals surface area (Å²) in [5.74, 6) is 0. The molecule has 204 valence electrons. The summed E-state index contributed by atoms with van der Waals surface area (Å²) in [6, 6.07) is 54.7. The van der Waals surface area contributed by atoms with E-state index in [1.807, 2.05) is 0 Å². The highest BCUT2D eigenvalue weighted by molar-refractivity contribution is 6.26. The molecule has 8 aromatic carbocycles. The largest absolute Gasteiger partial charge is 0.453 e. The van der Waals surface area contributed by atoms with Crippen molar-refractivity contribution in [3.05, 3.63) is 152 Å². The van der Waals surface area contributed by atoms with E-state index in [1.165, 1.54) is 54.1 Å². The number of rotatable bonds is 2. The molecule has 0 unspecified atom stereocenters. The summed E-state index contributed by atoms with van der Waals surface area (Å²) in [5.41, 5.74) is 7.48. The third kappa shape index (κ3) is 3.14. The Balaban J connectivity index is 1.26. The second-order valence-corrected chi connectivity index (χ2v) is 11.7. The van der Waals surface area contributed by atoms with Crippen LogP contribution in [0.2, 0.25) is 0 Å². The first-order valence-corrected chi connectivity index (χ1v) is 15.1. The monoisotopic (exact) mass is 559 g/mol. The highest BCUT2D eigenvalue weighted by Crippen LogP contribution is 2.42. The molecule has 44 heavy (non-hydrogen) atoms. The van der Waals surface area contributed by atoms with Gasteiger partial charge in [0.1, 0.15) is 5.58 Å². The molecule has 0 N–H and O–H groups in total. The summed E-state index contributed by atoms with van der Waals surface area (Å²) in [5, 5.41) is 12.4. The van der Waals surface area contributed by atoms with E-state index < -0.39 is 0 Å². The molecule has 10 rings (SSSR count). The number of nitrogens with zero attached hydrogens (tertiary/aromatic N) is 1. The van der Waals surface area contributed by atoms with Gasteiger partial charge in [0.15, 0.2) is 5.58 Å². The van der Waals surface area contributed by atoms with Crippen LogP contribution in [-0.4, -0.2) is 4.57 Å². The van der Waals surface area contributed by atoms with Gasteiger partial charge in [-0.05, 0) is 62.1 Å². The Hall–Kier alpha value is -5.86. The van der Waals surface area contributed by atoms with Crippen molar-refractivity contribution in [2.45, 2.75) is 0 Å². The maximum atomic E-state index is 6.94. The summed E-state index contributed by atoms with van der Waals surface area (Å²) in [4.78, 5) is 0. The second kappa shape index (κ2) is 8.82. The Bertz CT molecular complexity index is 2690. The van der Waals surface area contributed by atoms with Crippen LogP contribution in [0.1, 0.15) is 0 Å². The number of aromatic nitrogens is 1. The molecule has 0 aliphatic rings. The lowest BCUT2D eigenvalue weighted by atomic mass is 9.92.